The molecule has 0 saturated heterocycles. The van der Waals surface area contributed by atoms with Gasteiger partial charge in [-0.05, 0) is 53.0 Å². The third kappa shape index (κ3) is 5.08. The molecule has 0 spiro atoms. The van der Waals surface area contributed by atoms with E-state index in [2.05, 4.69) is 31.4 Å². The second kappa shape index (κ2) is 9.01. The molecular weight excluding hydrogens is 420 g/mol. The lowest BCUT2D eigenvalue weighted by molar-refractivity contribution is 0.103. The first-order valence-electron chi connectivity index (χ1n) is 10.5. The van der Waals surface area contributed by atoms with Crippen LogP contribution in [0.1, 0.15) is 47.8 Å². The summed E-state index contributed by atoms with van der Waals surface area (Å²) < 4.78 is 10.7. The normalized spacial score (nSPS) is 12.3. The van der Waals surface area contributed by atoms with E-state index in [1.165, 1.54) is 5.56 Å². The van der Waals surface area contributed by atoms with E-state index in [4.69, 9.17) is 21.7 Å². The van der Waals surface area contributed by atoms with E-state index in [-0.39, 0.29) is 18.0 Å². The summed E-state index contributed by atoms with van der Waals surface area (Å²) in [6.07, 6.45) is 0. The van der Waals surface area contributed by atoms with Crippen LogP contribution >= 0.6 is 12.2 Å². The van der Waals surface area contributed by atoms with Crippen LogP contribution in [0.15, 0.2) is 66.7 Å². The van der Waals surface area contributed by atoms with Crippen LogP contribution in [0.5, 0.6) is 11.5 Å². The first-order valence-corrected chi connectivity index (χ1v) is 10.9. The molecule has 1 aliphatic heterocycles. The van der Waals surface area contributed by atoms with Gasteiger partial charge in [0, 0.05) is 23.4 Å². The van der Waals surface area contributed by atoms with Gasteiger partial charge in [-0.1, -0.05) is 63.2 Å². The van der Waals surface area contributed by atoms with Gasteiger partial charge in [0.05, 0.1) is 0 Å². The SMILES string of the molecule is CC(C)(C)c1ccc(C(=O)c2cccc(NC(=S)NCc3ccc4c(c3)OCO4)c2)cc1. The Hall–Kier alpha value is -3.38. The zero-order valence-corrected chi connectivity index (χ0v) is 19.2. The predicted octanol–water partition coefficient (Wildman–Crippen LogP) is 5.43. The molecule has 0 aliphatic carbocycles. The van der Waals surface area contributed by atoms with Crippen LogP contribution in [-0.2, 0) is 12.0 Å². The number of nitrogens with one attached hydrogen (secondary N) is 2. The molecular formula is C26H26N2O3S. The first kappa shape index (κ1) is 21.8. The third-order valence-corrected chi connectivity index (χ3v) is 5.53. The molecule has 0 bridgehead atoms. The molecule has 0 unspecified atom stereocenters. The number of thiocarbonyl (C=S) groups is 1. The van der Waals surface area contributed by atoms with Crippen molar-refractivity contribution in [1.82, 2.24) is 5.32 Å². The van der Waals surface area contributed by atoms with Crippen LogP contribution < -0.4 is 20.1 Å². The number of ether oxygens (including phenoxy) is 2. The van der Waals surface area contributed by atoms with Crippen molar-refractivity contribution in [2.75, 3.05) is 12.1 Å². The maximum Gasteiger partial charge on any atom is 0.231 e. The fraction of sp³-hybridized carbons (Fsp3) is 0.231. The summed E-state index contributed by atoms with van der Waals surface area (Å²) in [5.41, 5.74) is 4.31. The highest BCUT2D eigenvalue weighted by molar-refractivity contribution is 7.80. The molecule has 3 aromatic carbocycles. The minimum atomic E-state index is -0.0200. The van der Waals surface area contributed by atoms with Crippen LogP contribution in [-0.4, -0.2) is 17.7 Å². The van der Waals surface area contributed by atoms with Crippen LogP contribution in [0, 0.1) is 0 Å². The van der Waals surface area contributed by atoms with Crippen LogP contribution in [0.4, 0.5) is 5.69 Å². The molecule has 5 nitrogen and oxygen atoms in total. The van der Waals surface area contributed by atoms with Gasteiger partial charge in [0.1, 0.15) is 0 Å². The van der Waals surface area contributed by atoms with Crippen molar-refractivity contribution in [2.45, 2.75) is 32.7 Å². The Morgan fingerprint density at radius 3 is 2.44 bits per heavy atom. The van der Waals surface area contributed by atoms with E-state index >= 15 is 0 Å². The molecule has 2 N–H and O–H groups in total. The molecule has 0 atom stereocenters. The van der Waals surface area contributed by atoms with Crippen molar-refractivity contribution < 1.29 is 14.3 Å². The lowest BCUT2D eigenvalue weighted by Gasteiger charge is -2.19. The smallest absolute Gasteiger partial charge is 0.231 e. The number of carbonyl (C=O) groups excluding carboxylic acids is 1. The first-order chi connectivity index (χ1) is 15.3. The van der Waals surface area contributed by atoms with Crippen molar-refractivity contribution in [3.05, 3.63) is 89.0 Å². The Morgan fingerprint density at radius 2 is 1.69 bits per heavy atom. The van der Waals surface area contributed by atoms with Gasteiger partial charge in [0.15, 0.2) is 22.4 Å². The van der Waals surface area contributed by atoms with Gasteiger partial charge < -0.3 is 20.1 Å². The average molecular weight is 447 g/mol. The minimum absolute atomic E-state index is 0.0200. The van der Waals surface area contributed by atoms with E-state index < -0.39 is 0 Å². The fourth-order valence-electron chi connectivity index (χ4n) is 3.43. The van der Waals surface area contributed by atoms with Gasteiger partial charge in [0.25, 0.3) is 0 Å². The van der Waals surface area contributed by atoms with Crippen LogP contribution in [0.25, 0.3) is 0 Å². The minimum Gasteiger partial charge on any atom is -0.454 e. The fourth-order valence-corrected chi connectivity index (χ4v) is 3.63. The Kier molecular flexibility index (Phi) is 6.15. The Labute approximate surface area is 193 Å². The summed E-state index contributed by atoms with van der Waals surface area (Å²) in [7, 11) is 0. The summed E-state index contributed by atoms with van der Waals surface area (Å²) in [5, 5.41) is 6.80. The van der Waals surface area contributed by atoms with Crippen molar-refractivity contribution in [3.63, 3.8) is 0 Å². The van der Waals surface area contributed by atoms with Gasteiger partial charge in [-0.3, -0.25) is 4.79 Å². The average Bonchev–Trinajstić information content (AvgIpc) is 3.25. The van der Waals surface area contributed by atoms with Gasteiger partial charge >= 0.3 is 0 Å². The number of ketones is 1. The molecule has 1 aliphatic rings. The van der Waals surface area contributed by atoms with Gasteiger partial charge in [-0.2, -0.15) is 0 Å². The zero-order chi connectivity index (χ0) is 22.7. The predicted molar refractivity (Wildman–Crippen MR) is 131 cm³/mol. The lowest BCUT2D eigenvalue weighted by atomic mass is 9.86. The molecule has 1 heterocycles. The number of rotatable bonds is 5. The summed E-state index contributed by atoms with van der Waals surface area (Å²) in [4.78, 5) is 13.0. The molecule has 0 amide bonds. The molecule has 4 rings (SSSR count). The molecule has 6 heteroatoms. The van der Waals surface area contributed by atoms with E-state index in [9.17, 15) is 4.79 Å². The van der Waals surface area contributed by atoms with E-state index in [0.717, 1.165) is 22.7 Å². The number of benzene rings is 3. The maximum absolute atomic E-state index is 13.0. The largest absolute Gasteiger partial charge is 0.454 e. The van der Waals surface area contributed by atoms with Crippen LogP contribution in [0.2, 0.25) is 0 Å². The van der Waals surface area contributed by atoms with E-state index in [1.807, 2.05) is 66.7 Å². The van der Waals surface area contributed by atoms with Gasteiger partial charge in [-0.15, -0.1) is 0 Å². The summed E-state index contributed by atoms with van der Waals surface area (Å²) >= 11 is 5.42. The second-order valence-electron chi connectivity index (χ2n) is 8.73. The maximum atomic E-state index is 13.0. The Bertz CT molecular complexity index is 1150. The number of carbonyl (C=O) groups is 1. The number of fused-ring (bicyclic) bond motifs is 1. The highest BCUT2D eigenvalue weighted by Crippen LogP contribution is 2.32. The molecule has 0 aromatic heterocycles. The molecule has 32 heavy (non-hydrogen) atoms. The molecule has 0 radical (unpaired) electrons. The van der Waals surface area contributed by atoms with Crippen LogP contribution in [0.3, 0.4) is 0 Å². The van der Waals surface area contributed by atoms with Crippen molar-refractivity contribution in [3.8, 4) is 11.5 Å². The quantitative estimate of drug-likeness (QED) is 0.403. The zero-order valence-electron chi connectivity index (χ0n) is 18.4. The molecule has 164 valence electrons. The standard InChI is InChI=1S/C26H26N2O3S/c1-26(2,3)20-10-8-18(9-11-20)24(29)19-5-4-6-21(14-19)28-25(32)27-15-17-7-12-22-23(13-17)31-16-30-22/h4-14H,15-16H2,1-3H3,(H2,27,28,32). The van der Waals surface area contributed by atoms with Crippen molar-refractivity contribution >= 4 is 28.8 Å². The Balaban J connectivity index is 1.38. The molecule has 0 saturated carbocycles. The number of anilines is 1. The van der Waals surface area contributed by atoms with Gasteiger partial charge in [-0.25, -0.2) is 0 Å². The lowest BCUT2D eigenvalue weighted by Crippen LogP contribution is -2.27. The van der Waals surface area contributed by atoms with E-state index in [1.54, 1.807) is 0 Å². The second-order valence-corrected chi connectivity index (χ2v) is 9.14. The topological polar surface area (TPSA) is 59.6 Å². The molecule has 3 aromatic rings. The van der Waals surface area contributed by atoms with Gasteiger partial charge in [0.2, 0.25) is 6.79 Å². The highest BCUT2D eigenvalue weighted by atomic mass is 32.1. The third-order valence-electron chi connectivity index (χ3n) is 5.29. The summed E-state index contributed by atoms with van der Waals surface area (Å²) in [6, 6.07) is 21.0. The van der Waals surface area contributed by atoms with E-state index in [0.29, 0.717) is 22.8 Å². The number of hydrogen-bond acceptors (Lipinski definition) is 4. The molecule has 0 fully saturated rings. The Morgan fingerprint density at radius 1 is 0.938 bits per heavy atom. The van der Waals surface area contributed by atoms with Crippen molar-refractivity contribution in [2.24, 2.45) is 0 Å². The monoisotopic (exact) mass is 446 g/mol. The summed E-state index contributed by atoms with van der Waals surface area (Å²) in [5.74, 6) is 1.47. The number of hydrogen-bond donors (Lipinski definition) is 2. The summed E-state index contributed by atoms with van der Waals surface area (Å²) in [6.45, 7) is 7.26. The highest BCUT2D eigenvalue weighted by Gasteiger charge is 2.16. The van der Waals surface area contributed by atoms with Crippen molar-refractivity contribution in [1.29, 1.82) is 0 Å².